The summed E-state index contributed by atoms with van der Waals surface area (Å²) in [4.78, 5) is 23.9. The van der Waals surface area contributed by atoms with E-state index in [0.29, 0.717) is 24.0 Å². The molecular formula is C24H26N4O2. The molecule has 0 bridgehead atoms. The fraction of sp³-hybridized carbons (Fsp3) is 0.292. The minimum atomic E-state index is -0.100. The summed E-state index contributed by atoms with van der Waals surface area (Å²) in [6.07, 6.45) is 5.06. The Balaban J connectivity index is 1.45. The molecule has 154 valence electrons. The predicted molar refractivity (Wildman–Crippen MR) is 116 cm³/mol. The lowest BCUT2D eigenvalue weighted by Gasteiger charge is -2.33. The molecule has 2 aromatic carbocycles. The molecule has 1 N–H and O–H groups in total. The molecule has 4 rings (SSSR count). The third-order valence-electron chi connectivity index (χ3n) is 5.35. The van der Waals surface area contributed by atoms with Crippen molar-refractivity contribution in [2.24, 2.45) is 5.92 Å². The van der Waals surface area contributed by atoms with Crippen LogP contribution in [-0.4, -0.2) is 29.0 Å². The topological polar surface area (TPSA) is 67.4 Å². The van der Waals surface area contributed by atoms with Gasteiger partial charge in [-0.3, -0.25) is 4.79 Å². The van der Waals surface area contributed by atoms with Crippen molar-refractivity contribution < 1.29 is 9.53 Å². The zero-order valence-electron chi connectivity index (χ0n) is 17.1. The number of hydrogen-bond donors (Lipinski definition) is 1. The van der Waals surface area contributed by atoms with Crippen LogP contribution in [0.5, 0.6) is 11.6 Å². The standard InChI is InChI=1S/C24H26N4O2/c1-18(19-9-4-2-5-10-19)27-23(29)20-11-8-16-28(17-20)22-24(26-15-14-25-22)30-21-12-6-3-7-13-21/h2-7,9-10,12-15,18,20H,8,11,16-17H2,1H3,(H,27,29)/t18-,20-/m1/s1. The lowest BCUT2D eigenvalue weighted by Crippen LogP contribution is -2.44. The molecule has 1 aromatic heterocycles. The maximum absolute atomic E-state index is 12.9. The Morgan fingerprint density at radius 2 is 1.77 bits per heavy atom. The average molecular weight is 402 g/mol. The monoisotopic (exact) mass is 402 g/mol. The Morgan fingerprint density at radius 1 is 1.07 bits per heavy atom. The van der Waals surface area contributed by atoms with Crippen LogP contribution in [0.4, 0.5) is 5.82 Å². The summed E-state index contributed by atoms with van der Waals surface area (Å²) in [6.45, 7) is 3.43. The van der Waals surface area contributed by atoms with Gasteiger partial charge in [0.1, 0.15) is 5.75 Å². The van der Waals surface area contributed by atoms with Crippen LogP contribution >= 0.6 is 0 Å². The molecule has 1 saturated heterocycles. The molecule has 0 spiro atoms. The highest BCUT2D eigenvalue weighted by molar-refractivity contribution is 5.80. The van der Waals surface area contributed by atoms with Gasteiger partial charge in [0.05, 0.1) is 12.0 Å². The summed E-state index contributed by atoms with van der Waals surface area (Å²) < 4.78 is 5.97. The van der Waals surface area contributed by atoms with Crippen LogP contribution in [0.1, 0.15) is 31.4 Å². The molecule has 3 aromatic rings. The first-order valence-corrected chi connectivity index (χ1v) is 10.3. The Hall–Kier alpha value is -3.41. The van der Waals surface area contributed by atoms with Crippen molar-refractivity contribution in [3.05, 3.63) is 78.6 Å². The summed E-state index contributed by atoms with van der Waals surface area (Å²) in [7, 11) is 0. The van der Waals surface area contributed by atoms with Gasteiger partial charge < -0.3 is 15.0 Å². The highest BCUT2D eigenvalue weighted by Crippen LogP contribution is 2.31. The van der Waals surface area contributed by atoms with E-state index in [9.17, 15) is 4.79 Å². The van der Waals surface area contributed by atoms with Crippen LogP contribution in [0.3, 0.4) is 0 Å². The number of rotatable bonds is 6. The van der Waals surface area contributed by atoms with Gasteiger partial charge in [0.25, 0.3) is 5.88 Å². The van der Waals surface area contributed by atoms with Crippen LogP contribution in [0.25, 0.3) is 0 Å². The van der Waals surface area contributed by atoms with E-state index in [4.69, 9.17) is 4.74 Å². The van der Waals surface area contributed by atoms with E-state index < -0.39 is 0 Å². The summed E-state index contributed by atoms with van der Waals surface area (Å²) in [5.41, 5.74) is 1.10. The smallest absolute Gasteiger partial charge is 0.263 e. The highest BCUT2D eigenvalue weighted by atomic mass is 16.5. The van der Waals surface area contributed by atoms with E-state index in [1.54, 1.807) is 12.4 Å². The molecule has 6 heteroatoms. The van der Waals surface area contributed by atoms with Gasteiger partial charge in [0, 0.05) is 25.5 Å². The van der Waals surface area contributed by atoms with Crippen LogP contribution in [0, 0.1) is 5.92 Å². The van der Waals surface area contributed by atoms with E-state index in [0.717, 1.165) is 24.9 Å². The van der Waals surface area contributed by atoms with Crippen molar-refractivity contribution in [2.75, 3.05) is 18.0 Å². The van der Waals surface area contributed by atoms with Crippen molar-refractivity contribution in [2.45, 2.75) is 25.8 Å². The Bertz CT molecular complexity index is 965. The summed E-state index contributed by atoms with van der Waals surface area (Å²) in [5, 5.41) is 3.16. The van der Waals surface area contributed by atoms with Crippen LogP contribution < -0.4 is 15.0 Å². The zero-order chi connectivity index (χ0) is 20.8. The fourth-order valence-electron chi connectivity index (χ4n) is 3.75. The molecule has 0 unspecified atom stereocenters. The average Bonchev–Trinajstić information content (AvgIpc) is 2.81. The number of nitrogens with one attached hydrogen (secondary N) is 1. The highest BCUT2D eigenvalue weighted by Gasteiger charge is 2.29. The summed E-state index contributed by atoms with van der Waals surface area (Å²) >= 11 is 0. The molecule has 2 atom stereocenters. The number of amides is 1. The van der Waals surface area contributed by atoms with Gasteiger partial charge >= 0.3 is 0 Å². The fourth-order valence-corrected chi connectivity index (χ4v) is 3.75. The molecule has 0 saturated carbocycles. The molecule has 6 nitrogen and oxygen atoms in total. The molecular weight excluding hydrogens is 376 g/mol. The van der Waals surface area contributed by atoms with Crippen molar-refractivity contribution in [1.82, 2.24) is 15.3 Å². The van der Waals surface area contributed by atoms with E-state index in [2.05, 4.69) is 20.2 Å². The number of nitrogens with zero attached hydrogens (tertiary/aromatic N) is 3. The van der Waals surface area contributed by atoms with Gasteiger partial charge in [-0.25, -0.2) is 9.97 Å². The number of benzene rings is 2. The number of ether oxygens (including phenoxy) is 1. The first-order chi connectivity index (χ1) is 14.7. The molecule has 0 radical (unpaired) electrons. The van der Waals surface area contributed by atoms with E-state index >= 15 is 0 Å². The first-order valence-electron chi connectivity index (χ1n) is 10.3. The number of piperidine rings is 1. The predicted octanol–water partition coefficient (Wildman–Crippen LogP) is 4.36. The third-order valence-corrected chi connectivity index (χ3v) is 5.35. The van der Waals surface area contributed by atoms with E-state index in [1.165, 1.54) is 0 Å². The summed E-state index contributed by atoms with van der Waals surface area (Å²) in [6, 6.07) is 19.5. The second-order valence-electron chi connectivity index (χ2n) is 7.53. The van der Waals surface area contributed by atoms with Crippen molar-refractivity contribution in [1.29, 1.82) is 0 Å². The number of hydrogen-bond acceptors (Lipinski definition) is 5. The van der Waals surface area contributed by atoms with Crippen molar-refractivity contribution >= 4 is 11.7 Å². The minimum absolute atomic E-state index is 0.0254. The number of aromatic nitrogens is 2. The van der Waals surface area contributed by atoms with Gasteiger partial charge in [0.2, 0.25) is 5.91 Å². The van der Waals surface area contributed by atoms with Crippen LogP contribution in [0.15, 0.2) is 73.1 Å². The quantitative estimate of drug-likeness (QED) is 0.663. The SMILES string of the molecule is C[C@@H](NC(=O)[C@@H]1CCCN(c2nccnc2Oc2ccccc2)C1)c1ccccc1. The van der Waals surface area contributed by atoms with Crippen LogP contribution in [0.2, 0.25) is 0 Å². The molecule has 0 aliphatic carbocycles. The zero-order valence-corrected chi connectivity index (χ0v) is 17.1. The van der Waals surface area contributed by atoms with E-state index in [1.807, 2.05) is 67.6 Å². The van der Waals surface area contributed by atoms with Crippen LogP contribution in [-0.2, 0) is 4.79 Å². The first kappa shape index (κ1) is 19.9. The lowest BCUT2D eigenvalue weighted by molar-refractivity contribution is -0.125. The number of para-hydroxylation sites is 1. The largest absolute Gasteiger partial charge is 0.436 e. The number of carbonyl (C=O) groups excluding carboxylic acids is 1. The third kappa shape index (κ3) is 4.76. The normalized spacial score (nSPS) is 17.2. The van der Waals surface area contributed by atoms with Crippen molar-refractivity contribution in [3.63, 3.8) is 0 Å². The molecule has 1 amide bonds. The maximum atomic E-state index is 12.9. The van der Waals surface area contributed by atoms with Gasteiger partial charge in [-0.05, 0) is 37.5 Å². The minimum Gasteiger partial charge on any atom is -0.436 e. The van der Waals surface area contributed by atoms with Gasteiger partial charge in [-0.2, -0.15) is 0 Å². The van der Waals surface area contributed by atoms with Gasteiger partial charge in [-0.1, -0.05) is 48.5 Å². The molecule has 1 fully saturated rings. The Morgan fingerprint density at radius 3 is 2.53 bits per heavy atom. The maximum Gasteiger partial charge on any atom is 0.263 e. The Labute approximate surface area is 176 Å². The number of anilines is 1. The number of carbonyl (C=O) groups is 1. The van der Waals surface area contributed by atoms with Gasteiger partial charge in [0.15, 0.2) is 5.82 Å². The van der Waals surface area contributed by atoms with E-state index in [-0.39, 0.29) is 17.9 Å². The molecule has 1 aliphatic rings. The molecule has 30 heavy (non-hydrogen) atoms. The summed E-state index contributed by atoms with van der Waals surface area (Å²) in [5.74, 6) is 1.82. The second kappa shape index (κ2) is 9.39. The molecule has 2 heterocycles. The lowest BCUT2D eigenvalue weighted by atomic mass is 9.96. The van der Waals surface area contributed by atoms with Crippen molar-refractivity contribution in [3.8, 4) is 11.6 Å². The molecule has 1 aliphatic heterocycles. The second-order valence-corrected chi connectivity index (χ2v) is 7.53. The Kier molecular flexibility index (Phi) is 6.23. The van der Waals surface area contributed by atoms with Gasteiger partial charge in [-0.15, -0.1) is 0 Å².